The van der Waals surface area contributed by atoms with Crippen LogP contribution in [0.2, 0.25) is 0 Å². The van der Waals surface area contributed by atoms with Crippen molar-refractivity contribution in [3.05, 3.63) is 59.9 Å². The highest BCUT2D eigenvalue weighted by Gasteiger charge is 2.23. The molecule has 0 spiro atoms. The van der Waals surface area contributed by atoms with E-state index >= 15 is 0 Å². The van der Waals surface area contributed by atoms with Crippen LogP contribution in [0.3, 0.4) is 0 Å². The summed E-state index contributed by atoms with van der Waals surface area (Å²) in [6.45, 7) is 4.87. The molecule has 6 nitrogen and oxygen atoms in total. The number of amides is 2. The maximum absolute atomic E-state index is 13.9. The van der Waals surface area contributed by atoms with Crippen molar-refractivity contribution in [2.45, 2.75) is 13.3 Å². The molecule has 2 aromatic carbocycles. The largest absolute Gasteiger partial charge is 0.363 e. The van der Waals surface area contributed by atoms with Crippen LogP contribution >= 0.6 is 0 Å². The fourth-order valence-electron chi connectivity index (χ4n) is 3.65. The highest BCUT2D eigenvalue weighted by Crippen LogP contribution is 2.18. The molecular formula is C23H29FN4O2. The summed E-state index contributed by atoms with van der Waals surface area (Å²) in [6.07, 6.45) is 0.860. The zero-order chi connectivity index (χ0) is 21.5. The van der Waals surface area contributed by atoms with Crippen LogP contribution in [-0.4, -0.2) is 67.9 Å². The van der Waals surface area contributed by atoms with Crippen molar-refractivity contribution >= 4 is 23.2 Å². The Hall–Kier alpha value is -2.93. The third-order valence-electron chi connectivity index (χ3n) is 5.40. The van der Waals surface area contributed by atoms with Crippen molar-refractivity contribution in [1.29, 1.82) is 0 Å². The minimum absolute atomic E-state index is 0.0401. The van der Waals surface area contributed by atoms with Gasteiger partial charge in [-0.25, -0.2) is 4.39 Å². The minimum Gasteiger partial charge on any atom is -0.363 e. The number of hydrogen-bond donors (Lipinski definition) is 1. The quantitative estimate of drug-likeness (QED) is 0.760. The van der Waals surface area contributed by atoms with Crippen LogP contribution in [0.15, 0.2) is 48.5 Å². The van der Waals surface area contributed by atoms with Crippen LogP contribution in [-0.2, 0) is 16.0 Å². The van der Waals surface area contributed by atoms with E-state index in [0.29, 0.717) is 38.4 Å². The lowest BCUT2D eigenvalue weighted by Gasteiger charge is -2.35. The van der Waals surface area contributed by atoms with Crippen molar-refractivity contribution in [3.63, 3.8) is 0 Å². The Kier molecular flexibility index (Phi) is 7.41. The Morgan fingerprint density at radius 3 is 2.40 bits per heavy atom. The van der Waals surface area contributed by atoms with Crippen molar-refractivity contribution in [3.8, 4) is 0 Å². The molecule has 1 aliphatic heterocycles. The van der Waals surface area contributed by atoms with Crippen molar-refractivity contribution in [2.75, 3.05) is 56.5 Å². The molecule has 1 saturated heterocycles. The molecule has 1 fully saturated rings. The van der Waals surface area contributed by atoms with Crippen LogP contribution in [0.1, 0.15) is 12.5 Å². The summed E-state index contributed by atoms with van der Waals surface area (Å²) in [5.74, 6) is -0.426. The number of nitrogens with zero attached hydrogens (tertiary/aromatic N) is 3. The predicted molar refractivity (Wildman–Crippen MR) is 117 cm³/mol. The van der Waals surface area contributed by atoms with Gasteiger partial charge in [-0.2, -0.15) is 0 Å². The molecule has 3 rings (SSSR count). The van der Waals surface area contributed by atoms with Crippen LogP contribution < -0.4 is 10.2 Å². The van der Waals surface area contributed by atoms with E-state index in [2.05, 4.69) is 12.2 Å². The van der Waals surface area contributed by atoms with Gasteiger partial charge in [0.2, 0.25) is 11.8 Å². The second-order valence-corrected chi connectivity index (χ2v) is 7.52. The molecule has 0 unspecified atom stereocenters. The molecule has 0 saturated carbocycles. The van der Waals surface area contributed by atoms with E-state index in [-0.39, 0.29) is 24.2 Å². The Bertz CT molecular complexity index is 881. The van der Waals surface area contributed by atoms with Crippen LogP contribution in [0.25, 0.3) is 0 Å². The van der Waals surface area contributed by atoms with E-state index in [9.17, 15) is 14.0 Å². The number of nitrogens with one attached hydrogen (secondary N) is 1. The van der Waals surface area contributed by atoms with Gasteiger partial charge < -0.3 is 15.1 Å². The molecule has 2 amide bonds. The minimum atomic E-state index is -0.340. The lowest BCUT2D eigenvalue weighted by atomic mass is 10.1. The molecule has 1 heterocycles. The van der Waals surface area contributed by atoms with Crippen molar-refractivity contribution in [1.82, 2.24) is 9.80 Å². The lowest BCUT2D eigenvalue weighted by molar-refractivity contribution is -0.131. The molecule has 0 atom stereocenters. The van der Waals surface area contributed by atoms with E-state index in [0.717, 1.165) is 17.7 Å². The van der Waals surface area contributed by atoms with E-state index in [1.165, 1.54) is 6.07 Å². The lowest BCUT2D eigenvalue weighted by Crippen LogP contribution is -2.52. The summed E-state index contributed by atoms with van der Waals surface area (Å²) in [7, 11) is 1.71. The average molecular weight is 413 g/mol. The molecule has 7 heteroatoms. The van der Waals surface area contributed by atoms with Gasteiger partial charge in [-0.05, 0) is 30.2 Å². The van der Waals surface area contributed by atoms with Gasteiger partial charge in [-0.3, -0.25) is 14.5 Å². The molecule has 0 aliphatic carbocycles. The van der Waals surface area contributed by atoms with E-state index in [1.54, 1.807) is 35.0 Å². The summed E-state index contributed by atoms with van der Waals surface area (Å²) < 4.78 is 13.9. The van der Waals surface area contributed by atoms with Crippen molar-refractivity contribution < 1.29 is 14.0 Å². The molecule has 2 aromatic rings. The van der Waals surface area contributed by atoms with E-state index < -0.39 is 0 Å². The second-order valence-electron chi connectivity index (χ2n) is 7.52. The van der Waals surface area contributed by atoms with E-state index in [1.807, 2.05) is 29.2 Å². The van der Waals surface area contributed by atoms with Gasteiger partial charge in [0.15, 0.2) is 0 Å². The topological polar surface area (TPSA) is 55.9 Å². The first-order valence-corrected chi connectivity index (χ1v) is 10.3. The van der Waals surface area contributed by atoms with Gasteiger partial charge in [0, 0.05) is 38.9 Å². The summed E-state index contributed by atoms with van der Waals surface area (Å²) in [4.78, 5) is 30.5. The zero-order valence-corrected chi connectivity index (χ0v) is 17.6. The van der Waals surface area contributed by atoms with Gasteiger partial charge in [-0.1, -0.05) is 37.3 Å². The Labute approximate surface area is 177 Å². The molecule has 1 aliphatic rings. The Morgan fingerprint density at radius 2 is 1.70 bits per heavy atom. The van der Waals surface area contributed by atoms with E-state index in [4.69, 9.17) is 0 Å². The number of anilines is 2. The first-order chi connectivity index (χ1) is 14.5. The van der Waals surface area contributed by atoms with Gasteiger partial charge in [0.05, 0.1) is 18.8 Å². The average Bonchev–Trinajstić information content (AvgIpc) is 2.74. The predicted octanol–water partition coefficient (Wildman–Crippen LogP) is 2.61. The summed E-state index contributed by atoms with van der Waals surface area (Å²) in [5.41, 5.74) is 2.38. The number of likely N-dealkylation sites (N-methyl/N-ethyl adjacent to an activating group) is 1. The monoisotopic (exact) mass is 412 g/mol. The SMILES string of the molecule is CCc1ccccc1NC(=O)CN1CCN(C(=O)CN(C)c2ccccc2F)CC1. The molecule has 1 N–H and O–H groups in total. The number of rotatable bonds is 7. The highest BCUT2D eigenvalue weighted by atomic mass is 19.1. The third-order valence-corrected chi connectivity index (χ3v) is 5.40. The van der Waals surface area contributed by atoms with Crippen molar-refractivity contribution in [2.24, 2.45) is 0 Å². The summed E-state index contributed by atoms with van der Waals surface area (Å²) in [5, 5.41) is 2.99. The standard InChI is InChI=1S/C23H29FN4O2/c1-3-18-8-4-6-10-20(18)25-22(29)16-27-12-14-28(15-13-27)23(30)17-26(2)21-11-7-5-9-19(21)24/h4-11H,3,12-17H2,1-2H3,(H,25,29). The number of piperazine rings is 1. The fraction of sp³-hybridized carbons (Fsp3) is 0.391. The molecular weight excluding hydrogens is 383 g/mol. The number of halogens is 1. The van der Waals surface area contributed by atoms with Gasteiger partial charge in [0.25, 0.3) is 0 Å². The Balaban J connectivity index is 1.45. The smallest absolute Gasteiger partial charge is 0.242 e. The number of para-hydroxylation sites is 2. The number of benzene rings is 2. The zero-order valence-electron chi connectivity index (χ0n) is 17.6. The number of aryl methyl sites for hydroxylation is 1. The maximum Gasteiger partial charge on any atom is 0.242 e. The highest BCUT2D eigenvalue weighted by molar-refractivity contribution is 5.93. The van der Waals surface area contributed by atoms with Crippen LogP contribution in [0, 0.1) is 5.82 Å². The normalized spacial score (nSPS) is 14.4. The number of carbonyl (C=O) groups excluding carboxylic acids is 2. The van der Waals surface area contributed by atoms with Gasteiger partial charge in [0.1, 0.15) is 5.82 Å². The molecule has 0 bridgehead atoms. The number of carbonyl (C=O) groups is 2. The fourth-order valence-corrected chi connectivity index (χ4v) is 3.65. The maximum atomic E-state index is 13.9. The second kappa shape index (κ2) is 10.2. The molecule has 0 radical (unpaired) electrons. The Morgan fingerprint density at radius 1 is 1.03 bits per heavy atom. The third kappa shape index (κ3) is 5.57. The summed E-state index contributed by atoms with van der Waals surface area (Å²) >= 11 is 0. The van der Waals surface area contributed by atoms with Gasteiger partial charge in [-0.15, -0.1) is 0 Å². The first kappa shape index (κ1) is 21.8. The molecule has 160 valence electrons. The summed E-state index contributed by atoms with van der Waals surface area (Å²) in [6, 6.07) is 14.2. The van der Waals surface area contributed by atoms with Crippen LogP contribution in [0.4, 0.5) is 15.8 Å². The number of hydrogen-bond acceptors (Lipinski definition) is 4. The molecule has 0 aromatic heterocycles. The van der Waals surface area contributed by atoms with Crippen LogP contribution in [0.5, 0.6) is 0 Å². The van der Waals surface area contributed by atoms with Gasteiger partial charge >= 0.3 is 0 Å². The first-order valence-electron chi connectivity index (χ1n) is 10.3. The molecule has 30 heavy (non-hydrogen) atoms.